The van der Waals surface area contributed by atoms with Crippen molar-refractivity contribution in [3.05, 3.63) is 88.2 Å². The van der Waals surface area contributed by atoms with Crippen molar-refractivity contribution >= 4 is 12.0 Å². The largest absolute Gasteiger partial charge is 0.497 e. The third kappa shape index (κ3) is 5.86. The Labute approximate surface area is 196 Å². The summed E-state index contributed by atoms with van der Waals surface area (Å²) in [5.74, 6) is 1.89. The van der Waals surface area contributed by atoms with Crippen LogP contribution in [0.15, 0.2) is 59.5 Å². The molecule has 2 nitrogen and oxygen atoms in total. The lowest BCUT2D eigenvalue weighted by Crippen LogP contribution is -2.07. The van der Waals surface area contributed by atoms with E-state index >= 15 is 0 Å². The van der Waals surface area contributed by atoms with Crippen molar-refractivity contribution in [2.45, 2.75) is 64.2 Å². The Morgan fingerprint density at radius 2 is 1.81 bits per heavy atom. The van der Waals surface area contributed by atoms with Gasteiger partial charge in [-0.25, -0.2) is 4.39 Å². The third-order valence-electron chi connectivity index (χ3n) is 5.91. The zero-order valence-electron chi connectivity index (χ0n) is 19.7. The molecule has 0 amide bonds. The summed E-state index contributed by atoms with van der Waals surface area (Å²) in [6.45, 7) is 8.85. The standard InChI is InChI=1S/C28H33FO2S/c1-6-9-21-17-23(30-5)13-14-26(21)20(4)16-27-19(3)12-15-28(25(27)7-2)31-32-24-11-8-10-22(29)18-24/h8,10-15,17-18,20H,6-7,9,16H2,1-5H3. The van der Waals surface area contributed by atoms with Gasteiger partial charge in [-0.1, -0.05) is 45.4 Å². The molecule has 0 fully saturated rings. The maximum atomic E-state index is 13.5. The van der Waals surface area contributed by atoms with Crippen molar-refractivity contribution in [1.82, 2.24) is 0 Å². The van der Waals surface area contributed by atoms with Gasteiger partial charge in [-0.15, -0.1) is 0 Å². The first-order chi connectivity index (χ1) is 15.5. The van der Waals surface area contributed by atoms with Gasteiger partial charge in [0.1, 0.15) is 17.3 Å². The minimum atomic E-state index is -0.255. The van der Waals surface area contributed by atoms with Crippen LogP contribution in [0.2, 0.25) is 0 Å². The van der Waals surface area contributed by atoms with E-state index in [4.69, 9.17) is 8.92 Å². The Bertz CT molecular complexity index is 1050. The Balaban J connectivity index is 1.86. The molecular weight excluding hydrogens is 419 g/mol. The second-order valence-corrected chi connectivity index (χ2v) is 9.04. The number of benzene rings is 3. The van der Waals surface area contributed by atoms with E-state index in [0.717, 1.165) is 42.1 Å². The molecule has 0 saturated carbocycles. The fraction of sp³-hybridized carbons (Fsp3) is 0.357. The van der Waals surface area contributed by atoms with Crippen molar-refractivity contribution in [2.75, 3.05) is 7.11 Å². The van der Waals surface area contributed by atoms with Crippen LogP contribution in [0.1, 0.15) is 60.9 Å². The molecule has 0 aliphatic carbocycles. The summed E-state index contributed by atoms with van der Waals surface area (Å²) in [5, 5.41) is 0. The van der Waals surface area contributed by atoms with Gasteiger partial charge in [0.2, 0.25) is 0 Å². The smallest absolute Gasteiger partial charge is 0.141 e. The molecule has 0 heterocycles. The van der Waals surface area contributed by atoms with Gasteiger partial charge >= 0.3 is 0 Å². The number of hydrogen-bond acceptors (Lipinski definition) is 3. The van der Waals surface area contributed by atoms with E-state index in [-0.39, 0.29) is 5.82 Å². The molecule has 32 heavy (non-hydrogen) atoms. The highest BCUT2D eigenvalue weighted by atomic mass is 32.2. The average molecular weight is 453 g/mol. The van der Waals surface area contributed by atoms with Gasteiger partial charge in [0, 0.05) is 0 Å². The number of hydrogen-bond donors (Lipinski definition) is 0. The van der Waals surface area contributed by atoms with Crippen LogP contribution in [0.5, 0.6) is 11.5 Å². The van der Waals surface area contributed by atoms with Crippen molar-refractivity contribution in [3.63, 3.8) is 0 Å². The molecule has 1 unspecified atom stereocenters. The Kier molecular flexibility index (Phi) is 8.63. The summed E-state index contributed by atoms with van der Waals surface area (Å²) in [5.41, 5.74) is 6.60. The van der Waals surface area contributed by atoms with Crippen molar-refractivity contribution in [1.29, 1.82) is 0 Å². The molecule has 0 aromatic heterocycles. The molecule has 1 atom stereocenters. The topological polar surface area (TPSA) is 18.5 Å². The normalized spacial score (nSPS) is 11.9. The molecule has 0 N–H and O–H groups in total. The molecule has 0 bridgehead atoms. The van der Waals surface area contributed by atoms with E-state index in [9.17, 15) is 4.39 Å². The van der Waals surface area contributed by atoms with Gasteiger partial charge < -0.3 is 8.92 Å². The van der Waals surface area contributed by atoms with Crippen LogP contribution in [-0.4, -0.2) is 7.11 Å². The van der Waals surface area contributed by atoms with E-state index < -0.39 is 0 Å². The second-order valence-electron chi connectivity index (χ2n) is 8.24. The lowest BCUT2D eigenvalue weighted by molar-refractivity contribution is 0.414. The fourth-order valence-electron chi connectivity index (χ4n) is 4.24. The Hall–Kier alpha value is -2.46. The van der Waals surface area contributed by atoms with Gasteiger partial charge in [-0.3, -0.25) is 0 Å². The van der Waals surface area contributed by atoms with E-state index in [1.54, 1.807) is 13.2 Å². The monoisotopic (exact) mass is 452 g/mol. The number of methoxy groups -OCH3 is 1. The average Bonchev–Trinajstić information content (AvgIpc) is 2.79. The summed E-state index contributed by atoms with van der Waals surface area (Å²) >= 11 is 1.21. The molecule has 0 radical (unpaired) electrons. The van der Waals surface area contributed by atoms with Gasteiger partial charge in [0.15, 0.2) is 0 Å². The molecule has 3 aromatic rings. The highest BCUT2D eigenvalue weighted by Gasteiger charge is 2.18. The summed E-state index contributed by atoms with van der Waals surface area (Å²) < 4.78 is 25.1. The van der Waals surface area contributed by atoms with E-state index in [1.165, 1.54) is 52.0 Å². The minimum absolute atomic E-state index is 0.255. The van der Waals surface area contributed by atoms with Crippen LogP contribution in [0.3, 0.4) is 0 Å². The van der Waals surface area contributed by atoms with E-state index in [1.807, 2.05) is 12.1 Å². The number of halogens is 1. The molecule has 3 rings (SSSR count). The molecule has 4 heteroatoms. The minimum Gasteiger partial charge on any atom is -0.497 e. The lowest BCUT2D eigenvalue weighted by Gasteiger charge is -2.22. The van der Waals surface area contributed by atoms with Crippen molar-refractivity contribution in [3.8, 4) is 11.5 Å². The van der Waals surface area contributed by atoms with Crippen LogP contribution in [0, 0.1) is 12.7 Å². The first-order valence-electron chi connectivity index (χ1n) is 11.3. The number of aryl methyl sites for hydroxylation is 2. The molecule has 0 aliphatic heterocycles. The first kappa shape index (κ1) is 24.2. The summed E-state index contributed by atoms with van der Waals surface area (Å²) in [7, 11) is 1.72. The molecule has 170 valence electrons. The van der Waals surface area contributed by atoms with Gasteiger partial charge in [-0.2, -0.15) is 0 Å². The predicted octanol–water partition coefficient (Wildman–Crippen LogP) is 8.09. The van der Waals surface area contributed by atoms with Crippen LogP contribution in [-0.2, 0) is 19.3 Å². The highest BCUT2D eigenvalue weighted by Crippen LogP contribution is 2.35. The zero-order valence-corrected chi connectivity index (χ0v) is 20.5. The maximum absolute atomic E-state index is 13.5. The highest BCUT2D eigenvalue weighted by molar-refractivity contribution is 7.95. The summed E-state index contributed by atoms with van der Waals surface area (Å²) in [6, 6.07) is 17.1. The molecule has 3 aromatic carbocycles. The van der Waals surface area contributed by atoms with Crippen molar-refractivity contribution in [2.24, 2.45) is 0 Å². The SMILES string of the molecule is CCCc1cc(OC)ccc1C(C)Cc1c(C)ccc(OSc2cccc(F)c2)c1CC. The maximum Gasteiger partial charge on any atom is 0.141 e. The van der Waals surface area contributed by atoms with Gasteiger partial charge in [0.05, 0.1) is 24.0 Å². The third-order valence-corrected chi connectivity index (χ3v) is 6.62. The van der Waals surface area contributed by atoms with Crippen LogP contribution in [0.4, 0.5) is 4.39 Å². The summed E-state index contributed by atoms with van der Waals surface area (Å²) in [4.78, 5) is 0.755. The Morgan fingerprint density at radius 3 is 2.50 bits per heavy atom. The Morgan fingerprint density at radius 1 is 1.00 bits per heavy atom. The van der Waals surface area contributed by atoms with Crippen LogP contribution < -0.4 is 8.92 Å². The first-order valence-corrected chi connectivity index (χ1v) is 12.1. The molecule has 0 spiro atoms. The predicted molar refractivity (Wildman–Crippen MR) is 133 cm³/mol. The van der Waals surface area contributed by atoms with Crippen LogP contribution in [0.25, 0.3) is 0 Å². The van der Waals surface area contributed by atoms with E-state index in [0.29, 0.717) is 5.92 Å². The lowest BCUT2D eigenvalue weighted by atomic mass is 9.85. The van der Waals surface area contributed by atoms with Crippen molar-refractivity contribution < 1.29 is 13.3 Å². The summed E-state index contributed by atoms with van der Waals surface area (Å²) in [6.07, 6.45) is 3.98. The zero-order chi connectivity index (χ0) is 23.1. The molecular formula is C28H33FO2S. The van der Waals surface area contributed by atoms with Gasteiger partial charge in [0.25, 0.3) is 0 Å². The fourth-order valence-corrected chi connectivity index (χ4v) is 4.88. The van der Waals surface area contributed by atoms with E-state index in [2.05, 4.69) is 52.0 Å². The molecule has 0 aliphatic rings. The second kappa shape index (κ2) is 11.4. The number of rotatable bonds is 10. The molecule has 0 saturated heterocycles. The van der Waals surface area contributed by atoms with Gasteiger partial charge in [-0.05, 0) is 96.3 Å². The van der Waals surface area contributed by atoms with Crippen LogP contribution >= 0.6 is 12.0 Å². The quantitative estimate of drug-likeness (QED) is 0.290. The number of ether oxygens (including phenoxy) is 1.